The zero-order valence-electron chi connectivity index (χ0n) is 19.4. The Labute approximate surface area is 195 Å². The minimum atomic E-state index is -0.0718. The van der Waals surface area contributed by atoms with Crippen molar-refractivity contribution in [1.29, 1.82) is 0 Å². The molecule has 0 spiro atoms. The molecule has 3 aromatic rings. The first kappa shape index (κ1) is 21.4. The largest absolute Gasteiger partial charge is 0.356 e. The standard InChI is InChI=1S/C27H31N5O/c1-19(2)20-10-12-22(13-11-20)28-27(33)32-17-14-24-23(18-32)26(31-15-6-7-16-31)30-25(29-24)21-8-4-3-5-9-21/h3-5,8-13,19H,6-7,14-18H2,1-2H3,(H,28,33). The third-order valence-corrected chi connectivity index (χ3v) is 6.59. The summed E-state index contributed by atoms with van der Waals surface area (Å²) >= 11 is 0. The van der Waals surface area contributed by atoms with Gasteiger partial charge in [0.25, 0.3) is 0 Å². The minimum absolute atomic E-state index is 0.0718. The van der Waals surface area contributed by atoms with Gasteiger partial charge in [-0.3, -0.25) is 0 Å². The second-order valence-electron chi connectivity index (χ2n) is 9.23. The number of amides is 2. The van der Waals surface area contributed by atoms with Gasteiger partial charge in [-0.25, -0.2) is 14.8 Å². The average molecular weight is 442 g/mol. The van der Waals surface area contributed by atoms with Gasteiger partial charge in [0.2, 0.25) is 0 Å². The second kappa shape index (κ2) is 9.22. The normalized spacial score (nSPS) is 15.6. The van der Waals surface area contributed by atoms with Gasteiger partial charge in [0.05, 0.1) is 12.2 Å². The SMILES string of the molecule is CC(C)c1ccc(NC(=O)N2CCc3nc(-c4ccccc4)nc(N4CCCC4)c3C2)cc1. The molecule has 6 nitrogen and oxygen atoms in total. The monoisotopic (exact) mass is 441 g/mol. The number of nitrogens with one attached hydrogen (secondary N) is 1. The molecule has 1 aromatic heterocycles. The van der Waals surface area contributed by atoms with Crippen molar-refractivity contribution in [3.8, 4) is 11.4 Å². The second-order valence-corrected chi connectivity index (χ2v) is 9.23. The van der Waals surface area contributed by atoms with Gasteiger partial charge >= 0.3 is 6.03 Å². The van der Waals surface area contributed by atoms with Crippen LogP contribution in [0, 0.1) is 0 Å². The quantitative estimate of drug-likeness (QED) is 0.584. The summed E-state index contributed by atoms with van der Waals surface area (Å²) in [6.07, 6.45) is 3.09. The van der Waals surface area contributed by atoms with Crippen molar-refractivity contribution in [3.05, 3.63) is 71.4 Å². The van der Waals surface area contributed by atoms with Gasteiger partial charge in [-0.1, -0.05) is 56.3 Å². The van der Waals surface area contributed by atoms with Gasteiger partial charge in [0.15, 0.2) is 5.82 Å². The van der Waals surface area contributed by atoms with Crippen LogP contribution in [0.25, 0.3) is 11.4 Å². The van der Waals surface area contributed by atoms with Gasteiger partial charge in [-0.15, -0.1) is 0 Å². The number of benzene rings is 2. The van der Waals surface area contributed by atoms with Crippen molar-refractivity contribution in [3.63, 3.8) is 0 Å². The van der Waals surface area contributed by atoms with E-state index in [0.29, 0.717) is 19.0 Å². The number of fused-ring (bicyclic) bond motifs is 1. The summed E-state index contributed by atoms with van der Waals surface area (Å²) in [6, 6.07) is 18.2. The maximum atomic E-state index is 13.1. The molecule has 0 atom stereocenters. The summed E-state index contributed by atoms with van der Waals surface area (Å²) < 4.78 is 0. The van der Waals surface area contributed by atoms with Crippen molar-refractivity contribution >= 4 is 17.5 Å². The highest BCUT2D eigenvalue weighted by molar-refractivity contribution is 5.89. The van der Waals surface area contributed by atoms with Crippen LogP contribution in [-0.4, -0.2) is 40.5 Å². The summed E-state index contributed by atoms with van der Waals surface area (Å²) in [5.41, 5.74) is 5.28. The maximum Gasteiger partial charge on any atom is 0.322 e. The molecule has 1 N–H and O–H groups in total. The van der Waals surface area contributed by atoms with Crippen LogP contribution in [0.2, 0.25) is 0 Å². The van der Waals surface area contributed by atoms with Crippen LogP contribution < -0.4 is 10.2 Å². The molecule has 1 fully saturated rings. The fourth-order valence-electron chi connectivity index (χ4n) is 4.63. The predicted octanol–water partition coefficient (Wildman–Crippen LogP) is 5.46. The van der Waals surface area contributed by atoms with Crippen molar-refractivity contribution in [1.82, 2.24) is 14.9 Å². The first-order valence-electron chi connectivity index (χ1n) is 11.9. The lowest BCUT2D eigenvalue weighted by atomic mass is 10.0. The Morgan fingerprint density at radius 1 is 0.939 bits per heavy atom. The van der Waals surface area contributed by atoms with E-state index in [0.717, 1.165) is 53.7 Å². The number of nitrogens with zero attached hydrogens (tertiary/aromatic N) is 4. The maximum absolute atomic E-state index is 13.1. The third kappa shape index (κ3) is 4.56. The number of hydrogen-bond donors (Lipinski definition) is 1. The molecular formula is C27H31N5O. The molecular weight excluding hydrogens is 410 g/mol. The first-order valence-corrected chi connectivity index (χ1v) is 11.9. The van der Waals surface area contributed by atoms with Gasteiger partial charge in [0, 0.05) is 42.9 Å². The van der Waals surface area contributed by atoms with Crippen molar-refractivity contribution in [2.24, 2.45) is 0 Å². The lowest BCUT2D eigenvalue weighted by molar-refractivity contribution is 0.206. The number of urea groups is 1. The molecule has 0 saturated carbocycles. The smallest absolute Gasteiger partial charge is 0.322 e. The predicted molar refractivity (Wildman–Crippen MR) is 133 cm³/mol. The summed E-state index contributed by atoms with van der Waals surface area (Å²) in [7, 11) is 0. The highest BCUT2D eigenvalue weighted by Crippen LogP contribution is 2.31. The lowest BCUT2D eigenvalue weighted by Gasteiger charge is -2.32. The molecule has 2 aromatic carbocycles. The fourth-order valence-corrected chi connectivity index (χ4v) is 4.63. The molecule has 6 heteroatoms. The van der Waals surface area contributed by atoms with Crippen LogP contribution in [0.15, 0.2) is 54.6 Å². The zero-order valence-corrected chi connectivity index (χ0v) is 19.4. The van der Waals surface area contributed by atoms with E-state index in [4.69, 9.17) is 9.97 Å². The van der Waals surface area contributed by atoms with Crippen molar-refractivity contribution in [2.75, 3.05) is 29.9 Å². The summed E-state index contributed by atoms with van der Waals surface area (Å²) in [6.45, 7) is 7.53. The lowest BCUT2D eigenvalue weighted by Crippen LogP contribution is -2.40. The van der Waals surface area contributed by atoms with Crippen molar-refractivity contribution in [2.45, 2.75) is 45.6 Å². The van der Waals surface area contributed by atoms with Crippen LogP contribution in [-0.2, 0) is 13.0 Å². The van der Waals surface area contributed by atoms with E-state index in [9.17, 15) is 4.79 Å². The molecule has 33 heavy (non-hydrogen) atoms. The summed E-state index contributed by atoms with van der Waals surface area (Å²) in [4.78, 5) is 27.2. The van der Waals surface area contributed by atoms with E-state index in [2.05, 4.69) is 48.3 Å². The van der Waals surface area contributed by atoms with E-state index in [-0.39, 0.29) is 6.03 Å². The Balaban J connectivity index is 1.40. The average Bonchev–Trinajstić information content (AvgIpc) is 3.39. The number of hydrogen-bond acceptors (Lipinski definition) is 4. The van der Waals surface area contributed by atoms with Crippen LogP contribution in [0.3, 0.4) is 0 Å². The van der Waals surface area contributed by atoms with Gasteiger partial charge < -0.3 is 15.1 Å². The Bertz CT molecular complexity index is 1120. The Kier molecular flexibility index (Phi) is 5.99. The van der Waals surface area contributed by atoms with E-state index < -0.39 is 0 Å². The number of carbonyl (C=O) groups is 1. The number of rotatable bonds is 4. The number of carbonyl (C=O) groups excluding carboxylic acids is 1. The number of anilines is 2. The Morgan fingerprint density at radius 3 is 2.36 bits per heavy atom. The minimum Gasteiger partial charge on any atom is -0.356 e. The van der Waals surface area contributed by atoms with Crippen molar-refractivity contribution < 1.29 is 4.79 Å². The number of aromatic nitrogens is 2. The zero-order chi connectivity index (χ0) is 22.8. The summed E-state index contributed by atoms with van der Waals surface area (Å²) in [5.74, 6) is 2.24. The highest BCUT2D eigenvalue weighted by Gasteiger charge is 2.29. The van der Waals surface area contributed by atoms with Gasteiger partial charge in [-0.05, 0) is 36.5 Å². The molecule has 5 rings (SSSR count). The Hall–Kier alpha value is -3.41. The molecule has 0 radical (unpaired) electrons. The molecule has 0 unspecified atom stereocenters. The van der Waals surface area contributed by atoms with Gasteiger partial charge in [-0.2, -0.15) is 0 Å². The molecule has 0 aliphatic carbocycles. The van der Waals surface area contributed by atoms with E-state index in [1.807, 2.05) is 35.2 Å². The molecule has 2 aliphatic rings. The third-order valence-electron chi connectivity index (χ3n) is 6.59. The first-order chi connectivity index (χ1) is 16.1. The van der Waals surface area contributed by atoms with Crippen LogP contribution in [0.4, 0.5) is 16.3 Å². The van der Waals surface area contributed by atoms with E-state index in [1.54, 1.807) is 0 Å². The molecule has 2 aliphatic heterocycles. The molecule has 170 valence electrons. The van der Waals surface area contributed by atoms with Gasteiger partial charge in [0.1, 0.15) is 5.82 Å². The molecule has 0 bridgehead atoms. The van der Waals surface area contributed by atoms with Crippen LogP contribution in [0.5, 0.6) is 0 Å². The van der Waals surface area contributed by atoms with E-state index >= 15 is 0 Å². The molecule has 2 amide bonds. The fraction of sp³-hybridized carbons (Fsp3) is 0.370. The molecule has 3 heterocycles. The topological polar surface area (TPSA) is 61.4 Å². The Morgan fingerprint density at radius 2 is 1.67 bits per heavy atom. The van der Waals surface area contributed by atoms with Crippen LogP contribution >= 0.6 is 0 Å². The van der Waals surface area contributed by atoms with E-state index in [1.165, 1.54) is 18.4 Å². The summed E-state index contributed by atoms with van der Waals surface area (Å²) in [5, 5.41) is 3.07. The highest BCUT2D eigenvalue weighted by atomic mass is 16.2. The molecule has 1 saturated heterocycles. The van der Waals surface area contributed by atoms with Crippen LogP contribution in [0.1, 0.15) is 49.4 Å².